The van der Waals surface area contributed by atoms with Gasteiger partial charge in [0.15, 0.2) is 0 Å². The van der Waals surface area contributed by atoms with Crippen molar-refractivity contribution in [1.82, 2.24) is 4.90 Å². The van der Waals surface area contributed by atoms with E-state index in [4.69, 9.17) is 4.74 Å². The molecule has 0 atom stereocenters. The summed E-state index contributed by atoms with van der Waals surface area (Å²) in [6.45, 7) is 6.79. The summed E-state index contributed by atoms with van der Waals surface area (Å²) in [5, 5.41) is 2.13. The van der Waals surface area contributed by atoms with E-state index in [-0.39, 0.29) is 0 Å². The van der Waals surface area contributed by atoms with E-state index in [1.807, 2.05) is 80.6 Å². The van der Waals surface area contributed by atoms with E-state index in [0.717, 1.165) is 28.8 Å². The Kier molecular flexibility index (Phi) is 12.2. The molecule has 1 saturated heterocycles. The predicted octanol–water partition coefficient (Wildman–Crippen LogP) is 7.40. The maximum atomic E-state index is 10.5. The lowest BCUT2D eigenvalue weighted by atomic mass is 9.90. The summed E-state index contributed by atoms with van der Waals surface area (Å²) in [4.78, 5) is 13.2. The van der Waals surface area contributed by atoms with E-state index < -0.39 is 0 Å². The van der Waals surface area contributed by atoms with Crippen LogP contribution in [-0.4, -0.2) is 37.4 Å². The van der Waals surface area contributed by atoms with Crippen LogP contribution >= 0.6 is 0 Å². The molecule has 0 amide bonds. The number of piperidine rings is 1. The van der Waals surface area contributed by atoms with Crippen LogP contribution in [0.4, 0.5) is 0 Å². The Morgan fingerprint density at radius 2 is 1.34 bits per heavy atom. The molecule has 0 N–H and O–H groups in total. The fourth-order valence-electron chi connectivity index (χ4n) is 3.86. The minimum absolute atomic E-state index is 0.697. The second kappa shape index (κ2) is 15.2. The first-order valence-electron chi connectivity index (χ1n) is 12.1. The van der Waals surface area contributed by atoms with Crippen molar-refractivity contribution in [1.29, 1.82) is 0 Å². The number of likely N-dealkylation sites (tertiary alicyclic amines) is 1. The third kappa shape index (κ3) is 8.47. The van der Waals surface area contributed by atoms with Gasteiger partial charge in [-0.05, 0) is 67.7 Å². The van der Waals surface area contributed by atoms with Gasteiger partial charge in [0.1, 0.15) is 12.0 Å². The molecule has 3 nitrogen and oxygen atoms in total. The van der Waals surface area contributed by atoms with Crippen molar-refractivity contribution < 1.29 is 9.53 Å². The maximum Gasteiger partial charge on any atom is 0.150 e. The van der Waals surface area contributed by atoms with Gasteiger partial charge < -0.3 is 9.64 Å². The predicted molar refractivity (Wildman–Crippen MR) is 137 cm³/mol. The van der Waals surface area contributed by atoms with E-state index in [1.165, 1.54) is 51.6 Å². The molecule has 3 aromatic rings. The average molecular weight is 434 g/mol. The van der Waals surface area contributed by atoms with Crippen molar-refractivity contribution in [2.24, 2.45) is 0 Å². The number of aldehydes is 1. The second-order valence-corrected chi connectivity index (χ2v) is 7.93. The number of rotatable bonds is 3. The number of nitrogens with zero attached hydrogens (tertiary/aromatic N) is 1. The highest BCUT2D eigenvalue weighted by Gasteiger charge is 2.25. The Balaban J connectivity index is 0.000000176. The monoisotopic (exact) mass is 433 g/mol. The molecule has 5 rings (SSSR count). The number of hydrogen-bond acceptors (Lipinski definition) is 3. The van der Waals surface area contributed by atoms with Crippen molar-refractivity contribution >= 4 is 17.1 Å². The summed E-state index contributed by atoms with van der Waals surface area (Å²) in [6.07, 6.45) is 9.70. The van der Waals surface area contributed by atoms with Gasteiger partial charge in [-0.15, -0.1) is 0 Å². The van der Waals surface area contributed by atoms with E-state index in [9.17, 15) is 4.79 Å². The quantitative estimate of drug-likeness (QED) is 0.403. The third-order valence-corrected chi connectivity index (χ3v) is 5.86. The normalized spacial score (nSPS) is 15.5. The topological polar surface area (TPSA) is 29.5 Å². The molecular formula is C29H39NO2. The van der Waals surface area contributed by atoms with Gasteiger partial charge in [-0.3, -0.25) is 4.79 Å². The standard InChI is InChI=1S/C12H10O2.C9H17N.C6H6.C2H6/c1-14-12-5-4-10-6-9(8-13)2-3-11(10)7-12;1-2-7-10(8-3-1)9-5-4-6-9;1-2-4-6-5-3-1;1-2/h2-8H,1H3;9H,1-8H2;1-6H;1-2H3. The number of benzene rings is 3. The number of fused-ring (bicyclic) bond motifs is 1. The number of hydrogen-bond donors (Lipinski definition) is 0. The summed E-state index contributed by atoms with van der Waals surface area (Å²) >= 11 is 0. The first-order chi connectivity index (χ1) is 15.8. The zero-order chi connectivity index (χ0) is 23.0. The lowest BCUT2D eigenvalue weighted by Crippen LogP contribution is -2.42. The first-order valence-corrected chi connectivity index (χ1v) is 12.1. The van der Waals surface area contributed by atoms with Gasteiger partial charge in [0.2, 0.25) is 0 Å². The zero-order valence-corrected chi connectivity index (χ0v) is 20.0. The van der Waals surface area contributed by atoms with Gasteiger partial charge in [0, 0.05) is 11.6 Å². The fraction of sp³-hybridized carbons (Fsp3) is 0.414. The third-order valence-electron chi connectivity index (χ3n) is 5.86. The molecule has 172 valence electrons. The number of methoxy groups -OCH3 is 1. The van der Waals surface area contributed by atoms with Gasteiger partial charge in [0.05, 0.1) is 7.11 Å². The fourth-order valence-corrected chi connectivity index (χ4v) is 3.86. The molecule has 2 aliphatic rings. The van der Waals surface area contributed by atoms with Crippen LogP contribution in [0.25, 0.3) is 10.8 Å². The van der Waals surface area contributed by atoms with Crippen LogP contribution in [0.2, 0.25) is 0 Å². The first kappa shape index (κ1) is 25.6. The minimum Gasteiger partial charge on any atom is -0.497 e. The molecule has 1 aliphatic heterocycles. The van der Waals surface area contributed by atoms with Crippen LogP contribution in [0, 0.1) is 0 Å². The molecule has 1 heterocycles. The lowest BCUT2D eigenvalue weighted by Gasteiger charge is -2.39. The Morgan fingerprint density at radius 3 is 1.84 bits per heavy atom. The van der Waals surface area contributed by atoms with Gasteiger partial charge in [-0.2, -0.15) is 0 Å². The van der Waals surface area contributed by atoms with Crippen LogP contribution in [0.1, 0.15) is 62.7 Å². The van der Waals surface area contributed by atoms with Gasteiger partial charge in [0.25, 0.3) is 0 Å². The summed E-state index contributed by atoms with van der Waals surface area (Å²) < 4.78 is 5.11. The largest absolute Gasteiger partial charge is 0.497 e. The van der Waals surface area contributed by atoms with Crippen molar-refractivity contribution in [2.75, 3.05) is 20.2 Å². The lowest BCUT2D eigenvalue weighted by molar-refractivity contribution is 0.105. The highest BCUT2D eigenvalue weighted by molar-refractivity contribution is 5.89. The Hall–Kier alpha value is -2.65. The summed E-state index contributed by atoms with van der Waals surface area (Å²) in [6, 6.07) is 24.4. The minimum atomic E-state index is 0.697. The molecule has 1 saturated carbocycles. The van der Waals surface area contributed by atoms with E-state index >= 15 is 0 Å². The zero-order valence-electron chi connectivity index (χ0n) is 20.0. The highest BCUT2D eigenvalue weighted by Crippen LogP contribution is 2.27. The molecule has 3 aromatic carbocycles. The molecule has 0 radical (unpaired) electrons. The van der Waals surface area contributed by atoms with Crippen LogP contribution in [0.5, 0.6) is 5.75 Å². The van der Waals surface area contributed by atoms with Crippen molar-refractivity contribution in [3.8, 4) is 5.75 Å². The Bertz CT molecular complexity index is 857. The maximum absolute atomic E-state index is 10.5. The van der Waals surface area contributed by atoms with Gasteiger partial charge >= 0.3 is 0 Å². The summed E-state index contributed by atoms with van der Waals surface area (Å²) in [7, 11) is 1.64. The van der Waals surface area contributed by atoms with Gasteiger partial charge in [-0.25, -0.2) is 0 Å². The SMILES string of the molecule is C1CCN(C2CCC2)CC1.CC.COc1ccc2cc(C=O)ccc2c1.c1ccccc1. The van der Waals surface area contributed by atoms with E-state index in [0.29, 0.717) is 5.56 Å². The molecule has 1 aliphatic carbocycles. The molecular weight excluding hydrogens is 394 g/mol. The molecule has 2 fully saturated rings. The molecule has 0 unspecified atom stereocenters. The highest BCUT2D eigenvalue weighted by atomic mass is 16.5. The van der Waals surface area contributed by atoms with Crippen LogP contribution < -0.4 is 4.74 Å². The Labute approximate surface area is 194 Å². The number of carbonyl (C=O) groups is 1. The molecule has 32 heavy (non-hydrogen) atoms. The summed E-state index contributed by atoms with van der Waals surface area (Å²) in [5.74, 6) is 0.830. The molecule has 0 spiro atoms. The smallest absolute Gasteiger partial charge is 0.150 e. The molecule has 0 bridgehead atoms. The van der Waals surface area contributed by atoms with Gasteiger partial charge in [-0.1, -0.05) is 81.3 Å². The number of carbonyl (C=O) groups excluding carboxylic acids is 1. The van der Waals surface area contributed by atoms with E-state index in [1.54, 1.807) is 13.2 Å². The van der Waals surface area contributed by atoms with Crippen LogP contribution in [-0.2, 0) is 0 Å². The average Bonchev–Trinajstić information content (AvgIpc) is 2.86. The van der Waals surface area contributed by atoms with Crippen molar-refractivity contribution in [3.05, 3.63) is 78.4 Å². The second-order valence-electron chi connectivity index (χ2n) is 7.93. The number of ether oxygens (including phenoxy) is 1. The van der Waals surface area contributed by atoms with E-state index in [2.05, 4.69) is 4.90 Å². The van der Waals surface area contributed by atoms with Crippen molar-refractivity contribution in [2.45, 2.75) is 58.4 Å². The molecule has 3 heteroatoms. The summed E-state index contributed by atoms with van der Waals surface area (Å²) in [5.41, 5.74) is 0.697. The van der Waals surface area contributed by atoms with Crippen LogP contribution in [0.3, 0.4) is 0 Å². The Morgan fingerprint density at radius 1 is 0.781 bits per heavy atom. The van der Waals surface area contributed by atoms with Crippen molar-refractivity contribution in [3.63, 3.8) is 0 Å². The van der Waals surface area contributed by atoms with Crippen LogP contribution in [0.15, 0.2) is 72.8 Å². The molecule has 0 aromatic heterocycles.